The van der Waals surface area contributed by atoms with Gasteiger partial charge in [-0.25, -0.2) is 27.2 Å². The lowest BCUT2D eigenvalue weighted by Crippen LogP contribution is -2.34. The summed E-state index contributed by atoms with van der Waals surface area (Å²) in [5.74, 6) is 0.134. The molecule has 3 heterocycles. The van der Waals surface area contributed by atoms with E-state index in [1.807, 2.05) is 13.8 Å². The molecule has 174 valence electrons. The number of hydrogen-bond acceptors (Lipinski definition) is 6. The fourth-order valence-electron chi connectivity index (χ4n) is 4.08. The lowest BCUT2D eigenvalue weighted by Gasteiger charge is -2.18. The Hall–Kier alpha value is -3.05. The minimum absolute atomic E-state index is 0.0430. The lowest BCUT2D eigenvalue weighted by molar-refractivity contribution is 0.153. The number of carboxylic acid groups (broad SMARTS) is 1. The molecule has 0 saturated carbocycles. The third-order valence-electron chi connectivity index (χ3n) is 6.00. The van der Waals surface area contributed by atoms with E-state index in [1.54, 1.807) is 30.3 Å². The van der Waals surface area contributed by atoms with Gasteiger partial charge in [-0.05, 0) is 31.0 Å². The number of thiocarbonyl (C=S) groups is 1. The molecule has 0 bridgehead atoms. The summed E-state index contributed by atoms with van der Waals surface area (Å²) in [6, 6.07) is 8.26. The van der Waals surface area contributed by atoms with Crippen molar-refractivity contribution in [3.8, 4) is 0 Å². The van der Waals surface area contributed by atoms with Crippen molar-refractivity contribution in [3.05, 3.63) is 54.0 Å². The maximum atomic E-state index is 13.0. The Kier molecular flexibility index (Phi) is 6.35. The summed E-state index contributed by atoms with van der Waals surface area (Å²) in [4.78, 5) is 22.4. The van der Waals surface area contributed by atoms with Crippen molar-refractivity contribution in [3.63, 3.8) is 0 Å². The SMILES string of the molecule is CC[C@@H]1CN(C(=O)O)C[C@@H]1C(=S)NCc1cnc2c(ccn2S(=O)(=O)c2ccc(C)cc2)n1. The van der Waals surface area contributed by atoms with E-state index in [2.05, 4.69) is 15.3 Å². The monoisotopic (exact) mass is 487 g/mol. The summed E-state index contributed by atoms with van der Waals surface area (Å²) in [6.45, 7) is 5.10. The van der Waals surface area contributed by atoms with Crippen LogP contribution in [0.1, 0.15) is 24.6 Å². The molecule has 3 aromatic rings. The second-order valence-electron chi connectivity index (χ2n) is 8.18. The van der Waals surface area contributed by atoms with Gasteiger partial charge in [0.1, 0.15) is 5.52 Å². The first kappa shape index (κ1) is 23.1. The van der Waals surface area contributed by atoms with Crippen LogP contribution in [0.15, 0.2) is 47.6 Å². The molecule has 1 aromatic carbocycles. The van der Waals surface area contributed by atoms with E-state index in [1.165, 1.54) is 17.3 Å². The zero-order chi connectivity index (χ0) is 23.8. The highest BCUT2D eigenvalue weighted by atomic mass is 32.2. The maximum absolute atomic E-state index is 13.0. The average Bonchev–Trinajstić information content (AvgIpc) is 3.42. The van der Waals surface area contributed by atoms with Gasteiger partial charge in [-0.15, -0.1) is 0 Å². The van der Waals surface area contributed by atoms with Gasteiger partial charge in [0, 0.05) is 25.2 Å². The van der Waals surface area contributed by atoms with Gasteiger partial charge in [0.25, 0.3) is 10.0 Å². The quantitative estimate of drug-likeness (QED) is 0.510. The Labute approximate surface area is 197 Å². The van der Waals surface area contributed by atoms with Crippen LogP contribution in [0.5, 0.6) is 0 Å². The second kappa shape index (κ2) is 9.06. The average molecular weight is 488 g/mol. The highest BCUT2D eigenvalue weighted by Gasteiger charge is 2.36. The zero-order valence-electron chi connectivity index (χ0n) is 18.3. The summed E-state index contributed by atoms with van der Waals surface area (Å²) in [5, 5.41) is 12.5. The van der Waals surface area contributed by atoms with Crippen LogP contribution in [0.4, 0.5) is 4.79 Å². The molecule has 4 rings (SSSR count). The number of aromatic nitrogens is 3. The summed E-state index contributed by atoms with van der Waals surface area (Å²) >= 11 is 5.55. The third-order valence-corrected chi connectivity index (χ3v) is 8.13. The standard InChI is InChI=1S/C22H25N5O4S2/c1-3-15-12-26(22(28)29)13-18(15)21(32)24-11-16-10-23-20-19(25-16)8-9-27(20)33(30,31)17-6-4-14(2)5-7-17/h4-10,15,18H,3,11-13H2,1-2H3,(H,24,32)(H,28,29)/t15-,18+/m1/s1. The topological polar surface area (TPSA) is 117 Å². The molecule has 0 spiro atoms. The van der Waals surface area contributed by atoms with Crippen LogP contribution in [0.25, 0.3) is 11.2 Å². The Morgan fingerprint density at radius 2 is 1.97 bits per heavy atom. The van der Waals surface area contributed by atoms with Crippen LogP contribution < -0.4 is 5.32 Å². The smallest absolute Gasteiger partial charge is 0.407 e. The number of likely N-dealkylation sites (tertiary alicyclic amines) is 1. The van der Waals surface area contributed by atoms with Crippen LogP contribution in [-0.4, -0.2) is 56.5 Å². The highest BCUT2D eigenvalue weighted by Crippen LogP contribution is 2.27. The summed E-state index contributed by atoms with van der Waals surface area (Å²) < 4.78 is 27.2. The number of nitrogens with zero attached hydrogens (tertiary/aromatic N) is 4. The van der Waals surface area contributed by atoms with Crippen LogP contribution in [0, 0.1) is 18.8 Å². The Morgan fingerprint density at radius 1 is 1.24 bits per heavy atom. The number of rotatable bonds is 6. The molecule has 2 N–H and O–H groups in total. The highest BCUT2D eigenvalue weighted by molar-refractivity contribution is 7.90. The van der Waals surface area contributed by atoms with E-state index in [4.69, 9.17) is 12.2 Å². The third kappa shape index (κ3) is 4.55. The summed E-state index contributed by atoms with van der Waals surface area (Å²) in [5.41, 5.74) is 2.29. The molecule has 33 heavy (non-hydrogen) atoms. The van der Waals surface area contributed by atoms with Gasteiger partial charge in [-0.1, -0.05) is 43.3 Å². The first-order valence-electron chi connectivity index (χ1n) is 10.6. The van der Waals surface area contributed by atoms with Gasteiger partial charge >= 0.3 is 6.09 Å². The van der Waals surface area contributed by atoms with E-state index in [0.29, 0.717) is 35.8 Å². The molecule has 9 nitrogen and oxygen atoms in total. The van der Waals surface area contributed by atoms with Gasteiger partial charge in [0.05, 0.1) is 28.3 Å². The van der Waals surface area contributed by atoms with Crippen molar-refractivity contribution in [2.24, 2.45) is 11.8 Å². The Morgan fingerprint density at radius 3 is 2.64 bits per heavy atom. The number of carbonyl (C=O) groups is 1. The Balaban J connectivity index is 1.49. The number of amides is 1. The summed E-state index contributed by atoms with van der Waals surface area (Å²) in [7, 11) is -3.78. The van der Waals surface area contributed by atoms with Crippen LogP contribution in [0.3, 0.4) is 0 Å². The second-order valence-corrected chi connectivity index (χ2v) is 10.4. The molecular formula is C22H25N5O4S2. The number of fused-ring (bicyclic) bond motifs is 1. The maximum Gasteiger partial charge on any atom is 0.407 e. The molecule has 0 radical (unpaired) electrons. The molecule has 2 atom stereocenters. The normalized spacial score (nSPS) is 18.5. The molecule has 1 saturated heterocycles. The molecule has 1 aliphatic rings. The van der Waals surface area contributed by atoms with Gasteiger partial charge in [-0.2, -0.15) is 0 Å². The van der Waals surface area contributed by atoms with E-state index in [9.17, 15) is 18.3 Å². The van der Waals surface area contributed by atoms with E-state index >= 15 is 0 Å². The van der Waals surface area contributed by atoms with Crippen molar-refractivity contribution < 1.29 is 18.3 Å². The molecule has 2 aromatic heterocycles. The number of benzene rings is 1. The molecule has 1 aliphatic heterocycles. The van der Waals surface area contributed by atoms with Gasteiger partial charge in [0.15, 0.2) is 5.65 Å². The first-order chi connectivity index (χ1) is 15.7. The van der Waals surface area contributed by atoms with Crippen molar-refractivity contribution >= 4 is 44.5 Å². The molecule has 1 fully saturated rings. The number of hydrogen-bond donors (Lipinski definition) is 2. The number of aryl methyl sites for hydroxylation is 1. The largest absolute Gasteiger partial charge is 0.465 e. The lowest BCUT2D eigenvalue weighted by atomic mass is 9.93. The van der Waals surface area contributed by atoms with Gasteiger partial charge < -0.3 is 15.3 Å². The predicted molar refractivity (Wildman–Crippen MR) is 128 cm³/mol. The number of nitrogens with one attached hydrogen (secondary N) is 1. The minimum atomic E-state index is -3.78. The van der Waals surface area contributed by atoms with Crippen molar-refractivity contribution in [2.75, 3.05) is 13.1 Å². The fourth-order valence-corrected chi connectivity index (χ4v) is 5.71. The van der Waals surface area contributed by atoms with E-state index < -0.39 is 16.1 Å². The van der Waals surface area contributed by atoms with Crippen molar-refractivity contribution in [1.29, 1.82) is 0 Å². The first-order valence-corrected chi connectivity index (χ1v) is 12.5. The van der Waals surface area contributed by atoms with Crippen LogP contribution in [-0.2, 0) is 16.6 Å². The fraction of sp³-hybridized carbons (Fsp3) is 0.364. The van der Waals surface area contributed by atoms with E-state index in [0.717, 1.165) is 16.0 Å². The summed E-state index contributed by atoms with van der Waals surface area (Å²) in [6.07, 6.45) is 2.88. The van der Waals surface area contributed by atoms with Gasteiger partial charge in [0.2, 0.25) is 0 Å². The predicted octanol–water partition coefficient (Wildman–Crippen LogP) is 3.03. The van der Waals surface area contributed by atoms with Crippen LogP contribution in [0.2, 0.25) is 0 Å². The molecule has 0 aliphatic carbocycles. The molecule has 0 unspecified atom stereocenters. The van der Waals surface area contributed by atoms with Crippen LogP contribution >= 0.6 is 12.2 Å². The molecule has 11 heteroatoms. The Bertz CT molecular complexity index is 1300. The molecule has 1 amide bonds. The molecular weight excluding hydrogens is 462 g/mol. The van der Waals surface area contributed by atoms with Crippen molar-refractivity contribution in [2.45, 2.75) is 31.7 Å². The zero-order valence-corrected chi connectivity index (χ0v) is 19.9. The van der Waals surface area contributed by atoms with Gasteiger partial charge in [-0.3, -0.25) is 0 Å². The van der Waals surface area contributed by atoms with E-state index in [-0.39, 0.29) is 22.4 Å². The van der Waals surface area contributed by atoms with Crippen molar-refractivity contribution in [1.82, 2.24) is 24.2 Å². The minimum Gasteiger partial charge on any atom is -0.465 e.